The van der Waals surface area contributed by atoms with Crippen molar-refractivity contribution in [3.8, 4) is 5.75 Å². The molecule has 0 aromatic heterocycles. The van der Waals surface area contributed by atoms with Gasteiger partial charge in [-0.15, -0.1) is 0 Å². The van der Waals surface area contributed by atoms with E-state index in [1.807, 2.05) is 0 Å². The van der Waals surface area contributed by atoms with Gasteiger partial charge in [-0.25, -0.2) is 0 Å². The third-order valence-corrected chi connectivity index (χ3v) is 3.13. The lowest BCUT2D eigenvalue weighted by atomic mass is 10.3. The van der Waals surface area contributed by atoms with E-state index in [2.05, 4.69) is 15.9 Å². The smallest absolute Gasteiger partial charge is 0.325 e. The molecule has 0 unspecified atom stereocenters. The first-order valence-corrected chi connectivity index (χ1v) is 7.08. The molecule has 5 nitrogen and oxygen atoms in total. The summed E-state index contributed by atoms with van der Waals surface area (Å²) in [6, 6.07) is 5.09. The number of nitrogens with zero attached hydrogens (tertiary/aromatic N) is 1. The van der Waals surface area contributed by atoms with Crippen molar-refractivity contribution in [3.05, 3.63) is 27.7 Å². The van der Waals surface area contributed by atoms with Crippen LogP contribution in [-0.2, 0) is 14.3 Å². The molecule has 1 aromatic carbocycles. The minimum Gasteiger partial charge on any atom is -0.482 e. The number of rotatable bonds is 6. The summed E-state index contributed by atoms with van der Waals surface area (Å²) < 4.78 is 10.9. The topological polar surface area (TPSA) is 55.8 Å². The van der Waals surface area contributed by atoms with E-state index in [1.54, 1.807) is 25.1 Å². The van der Waals surface area contributed by atoms with Crippen LogP contribution in [0.15, 0.2) is 22.7 Å². The lowest BCUT2D eigenvalue weighted by Crippen LogP contribution is -2.36. The fourth-order valence-corrected chi connectivity index (χ4v) is 2.06. The quantitative estimate of drug-likeness (QED) is 0.728. The summed E-state index contributed by atoms with van der Waals surface area (Å²) in [6.45, 7) is 1.69. The van der Waals surface area contributed by atoms with Crippen molar-refractivity contribution in [2.24, 2.45) is 0 Å². The molecule has 0 fully saturated rings. The van der Waals surface area contributed by atoms with Crippen molar-refractivity contribution in [1.82, 2.24) is 4.90 Å². The Bertz CT molecular complexity index is 495. The summed E-state index contributed by atoms with van der Waals surface area (Å²) in [5.41, 5.74) is 0. The lowest BCUT2D eigenvalue weighted by Gasteiger charge is -2.16. The van der Waals surface area contributed by atoms with Gasteiger partial charge in [-0.2, -0.15) is 0 Å². The number of hydrogen-bond donors (Lipinski definition) is 0. The normalized spacial score (nSPS) is 10.0. The van der Waals surface area contributed by atoms with Crippen molar-refractivity contribution >= 4 is 39.4 Å². The highest BCUT2D eigenvalue weighted by Gasteiger charge is 2.14. The predicted octanol–water partition coefficient (Wildman–Crippen LogP) is 2.50. The molecule has 0 aliphatic carbocycles. The van der Waals surface area contributed by atoms with Crippen molar-refractivity contribution in [3.63, 3.8) is 0 Å². The number of amides is 1. The zero-order valence-electron chi connectivity index (χ0n) is 11.2. The molecule has 1 rings (SSSR count). The number of halogens is 2. The van der Waals surface area contributed by atoms with Gasteiger partial charge in [-0.05, 0) is 25.1 Å². The van der Waals surface area contributed by atoms with Crippen LogP contribution in [0.2, 0.25) is 5.02 Å². The molecule has 7 heteroatoms. The summed E-state index contributed by atoms with van der Waals surface area (Å²) in [5.74, 6) is -0.380. The van der Waals surface area contributed by atoms with Crippen LogP contribution in [0.4, 0.5) is 0 Å². The Balaban J connectivity index is 2.48. The Morgan fingerprint density at radius 2 is 2.10 bits per heavy atom. The Kier molecular flexibility index (Phi) is 6.81. The third-order valence-electron chi connectivity index (χ3n) is 2.34. The molecule has 1 aromatic rings. The summed E-state index contributed by atoms with van der Waals surface area (Å²) in [5, 5.41) is 0.403. The molecule has 0 saturated heterocycles. The Hall–Kier alpha value is -1.27. The number of carbonyl (C=O) groups excluding carboxylic acids is 2. The first-order valence-electron chi connectivity index (χ1n) is 5.91. The molecular weight excluding hydrogens is 350 g/mol. The molecule has 0 spiro atoms. The van der Waals surface area contributed by atoms with Crippen LogP contribution in [0.3, 0.4) is 0 Å². The standard InChI is InChI=1S/C13H15BrClNO4/c1-3-19-13(18)7-16(2)12(17)8-20-11-5-4-9(14)6-10(11)15/h4-6H,3,7-8H2,1-2H3. The highest BCUT2D eigenvalue weighted by atomic mass is 79.9. The van der Waals surface area contributed by atoms with E-state index < -0.39 is 5.97 Å². The second-order valence-electron chi connectivity index (χ2n) is 3.92. The number of benzene rings is 1. The molecule has 0 bridgehead atoms. The largest absolute Gasteiger partial charge is 0.482 e. The average molecular weight is 365 g/mol. The SMILES string of the molecule is CCOC(=O)CN(C)C(=O)COc1ccc(Br)cc1Cl. The second kappa shape index (κ2) is 8.11. The van der Waals surface area contributed by atoms with E-state index in [0.717, 1.165) is 4.47 Å². The molecule has 20 heavy (non-hydrogen) atoms. The van der Waals surface area contributed by atoms with Crippen LogP contribution in [0.1, 0.15) is 6.92 Å². The minimum atomic E-state index is -0.454. The first-order chi connectivity index (χ1) is 9.43. The Morgan fingerprint density at radius 1 is 1.40 bits per heavy atom. The van der Waals surface area contributed by atoms with Gasteiger partial charge in [-0.3, -0.25) is 9.59 Å². The van der Waals surface area contributed by atoms with Gasteiger partial charge in [0.15, 0.2) is 6.61 Å². The minimum absolute atomic E-state index is 0.107. The van der Waals surface area contributed by atoms with Gasteiger partial charge in [0.1, 0.15) is 12.3 Å². The van der Waals surface area contributed by atoms with Crippen LogP contribution in [0.25, 0.3) is 0 Å². The van der Waals surface area contributed by atoms with E-state index in [9.17, 15) is 9.59 Å². The molecule has 0 saturated carbocycles. The maximum Gasteiger partial charge on any atom is 0.325 e. The fraction of sp³-hybridized carbons (Fsp3) is 0.385. The number of carbonyl (C=O) groups is 2. The van der Waals surface area contributed by atoms with E-state index in [4.69, 9.17) is 21.1 Å². The van der Waals surface area contributed by atoms with E-state index in [1.165, 1.54) is 11.9 Å². The third kappa shape index (κ3) is 5.38. The van der Waals surface area contributed by atoms with Crippen LogP contribution >= 0.6 is 27.5 Å². The van der Waals surface area contributed by atoms with E-state index >= 15 is 0 Å². The summed E-state index contributed by atoms with van der Waals surface area (Å²) in [6.07, 6.45) is 0. The van der Waals surface area contributed by atoms with Crippen LogP contribution in [-0.4, -0.2) is 43.6 Å². The molecule has 0 aliphatic rings. The summed E-state index contributed by atoms with van der Waals surface area (Å²) in [4.78, 5) is 24.3. The van der Waals surface area contributed by atoms with Gasteiger partial charge in [0.05, 0.1) is 11.6 Å². The highest BCUT2D eigenvalue weighted by molar-refractivity contribution is 9.10. The number of esters is 1. The molecule has 110 valence electrons. The Labute approximate surface area is 130 Å². The van der Waals surface area contributed by atoms with Gasteiger partial charge in [0, 0.05) is 11.5 Å². The Morgan fingerprint density at radius 3 is 2.70 bits per heavy atom. The average Bonchev–Trinajstić information content (AvgIpc) is 2.37. The molecule has 0 aliphatic heterocycles. The molecule has 1 amide bonds. The molecule has 0 N–H and O–H groups in total. The summed E-state index contributed by atoms with van der Waals surface area (Å²) >= 11 is 9.24. The summed E-state index contributed by atoms with van der Waals surface area (Å²) in [7, 11) is 1.51. The van der Waals surface area contributed by atoms with Crippen LogP contribution in [0, 0.1) is 0 Å². The lowest BCUT2D eigenvalue weighted by molar-refractivity contribution is -0.148. The zero-order chi connectivity index (χ0) is 15.1. The van der Waals surface area contributed by atoms with E-state index in [-0.39, 0.29) is 25.7 Å². The number of hydrogen-bond acceptors (Lipinski definition) is 4. The molecule has 0 atom stereocenters. The van der Waals surface area contributed by atoms with Gasteiger partial charge in [0.25, 0.3) is 5.91 Å². The maximum atomic E-state index is 11.8. The second-order valence-corrected chi connectivity index (χ2v) is 5.24. The van der Waals surface area contributed by atoms with E-state index in [0.29, 0.717) is 10.8 Å². The van der Waals surface area contributed by atoms with Crippen molar-refractivity contribution in [2.45, 2.75) is 6.92 Å². The molecule has 0 radical (unpaired) electrons. The first kappa shape index (κ1) is 16.8. The number of likely N-dealkylation sites (N-methyl/N-ethyl adjacent to an activating group) is 1. The molecular formula is C13H15BrClNO4. The van der Waals surface area contributed by atoms with Crippen molar-refractivity contribution in [2.75, 3.05) is 26.8 Å². The fourth-order valence-electron chi connectivity index (χ4n) is 1.33. The number of ether oxygens (including phenoxy) is 2. The van der Waals surface area contributed by atoms with Crippen LogP contribution in [0.5, 0.6) is 5.75 Å². The van der Waals surface area contributed by atoms with Gasteiger partial charge in [0.2, 0.25) is 0 Å². The van der Waals surface area contributed by atoms with Gasteiger partial charge in [-0.1, -0.05) is 27.5 Å². The zero-order valence-corrected chi connectivity index (χ0v) is 13.5. The van der Waals surface area contributed by atoms with Crippen molar-refractivity contribution < 1.29 is 19.1 Å². The molecule has 0 heterocycles. The van der Waals surface area contributed by atoms with Gasteiger partial charge < -0.3 is 14.4 Å². The monoisotopic (exact) mass is 363 g/mol. The predicted molar refractivity (Wildman–Crippen MR) is 78.9 cm³/mol. The van der Waals surface area contributed by atoms with Crippen LogP contribution < -0.4 is 4.74 Å². The maximum absolute atomic E-state index is 11.8. The van der Waals surface area contributed by atoms with Crippen molar-refractivity contribution in [1.29, 1.82) is 0 Å². The van der Waals surface area contributed by atoms with Gasteiger partial charge >= 0.3 is 5.97 Å². The highest BCUT2D eigenvalue weighted by Crippen LogP contribution is 2.27.